The largest absolute Gasteiger partial charge is 0.451 e. The van der Waals surface area contributed by atoms with Gasteiger partial charge in [-0.05, 0) is 19.3 Å². The highest BCUT2D eigenvalue weighted by Crippen LogP contribution is 2.04. The van der Waals surface area contributed by atoms with Crippen molar-refractivity contribution >= 4 is 32.5 Å². The summed E-state index contributed by atoms with van der Waals surface area (Å²) < 4.78 is 56.4. The molecule has 0 rings (SSSR count). The van der Waals surface area contributed by atoms with Crippen LogP contribution in [0, 0.1) is 0 Å². The first kappa shape index (κ1) is 18.8. The zero-order valence-corrected chi connectivity index (χ0v) is 12.7. The molecule has 0 bridgehead atoms. The van der Waals surface area contributed by atoms with E-state index in [9.17, 15) is 26.4 Å². The summed E-state index contributed by atoms with van der Waals surface area (Å²) in [6.07, 6.45) is 0.735. The van der Waals surface area contributed by atoms with E-state index in [0.29, 0.717) is 6.42 Å². The Morgan fingerprint density at radius 2 is 1.40 bits per heavy atom. The second-order valence-electron chi connectivity index (χ2n) is 3.70. The van der Waals surface area contributed by atoms with Crippen molar-refractivity contribution in [3.63, 3.8) is 0 Å². The molecule has 0 atom stereocenters. The summed E-state index contributed by atoms with van der Waals surface area (Å²) in [6, 6.07) is 0. The zero-order valence-electron chi connectivity index (χ0n) is 11.0. The van der Waals surface area contributed by atoms with Gasteiger partial charge in [0.05, 0.1) is 12.4 Å². The van der Waals surface area contributed by atoms with E-state index < -0.39 is 32.5 Å². The summed E-state index contributed by atoms with van der Waals surface area (Å²) in [6.45, 7) is 1.65. The van der Waals surface area contributed by atoms with Crippen LogP contribution in [0.25, 0.3) is 0 Å². The van der Waals surface area contributed by atoms with E-state index in [4.69, 9.17) is 0 Å². The van der Waals surface area contributed by atoms with Crippen LogP contribution in [0.3, 0.4) is 0 Å². The lowest BCUT2D eigenvalue weighted by atomic mass is 10.3. The van der Waals surface area contributed by atoms with E-state index in [1.54, 1.807) is 0 Å². The molecule has 11 heteroatoms. The van der Waals surface area contributed by atoms with E-state index in [1.807, 2.05) is 0 Å². The topological polar surface area (TPSA) is 130 Å². The van der Waals surface area contributed by atoms with Gasteiger partial charge in [0.15, 0.2) is 0 Å². The highest BCUT2D eigenvalue weighted by Gasteiger charge is 2.16. The third-order valence-corrected chi connectivity index (χ3v) is 3.90. The van der Waals surface area contributed by atoms with Gasteiger partial charge in [-0.3, -0.25) is 9.59 Å². The van der Waals surface area contributed by atoms with E-state index in [2.05, 4.69) is 12.5 Å². The lowest BCUT2D eigenvalue weighted by Gasteiger charge is -2.05. The van der Waals surface area contributed by atoms with Gasteiger partial charge in [0.25, 0.3) is 0 Å². The highest BCUT2D eigenvalue weighted by molar-refractivity contribution is 7.87. The molecule has 0 saturated heterocycles. The van der Waals surface area contributed by atoms with Gasteiger partial charge in [-0.1, -0.05) is 0 Å². The van der Waals surface area contributed by atoms with Crippen LogP contribution in [-0.2, 0) is 42.7 Å². The van der Waals surface area contributed by atoms with Gasteiger partial charge < -0.3 is 8.37 Å². The molecule has 0 saturated carbocycles. The van der Waals surface area contributed by atoms with Gasteiger partial charge >= 0.3 is 32.5 Å². The molecule has 118 valence electrons. The fourth-order valence-electron chi connectivity index (χ4n) is 1.11. The average molecular weight is 332 g/mol. The molecule has 0 aromatic rings. The molecule has 20 heavy (non-hydrogen) atoms. The van der Waals surface area contributed by atoms with Gasteiger partial charge in [0.2, 0.25) is 0 Å². The van der Waals surface area contributed by atoms with Gasteiger partial charge in [-0.25, -0.2) is 4.18 Å². The minimum absolute atomic E-state index is 0.173. The Labute approximate surface area is 117 Å². The number of unbranched alkanes of at least 4 members (excludes halogenated alkanes) is 2. The molecule has 0 fully saturated rings. The number of rotatable bonds is 9. The van der Waals surface area contributed by atoms with Crippen LogP contribution < -0.4 is 0 Å². The third kappa shape index (κ3) is 10.7. The quantitative estimate of drug-likeness (QED) is 0.418. The normalized spacial score (nSPS) is 11.9. The van der Waals surface area contributed by atoms with E-state index in [0.717, 1.165) is 13.8 Å². The van der Waals surface area contributed by atoms with Gasteiger partial charge in [-0.2, -0.15) is 16.8 Å². The Morgan fingerprint density at radius 1 is 0.850 bits per heavy atom. The Bertz CT molecular complexity index is 482. The maximum Gasteiger partial charge on any atom is 0.451 e. The molecular formula is C9H16O9S2. The molecule has 0 unspecified atom stereocenters. The molecule has 0 aliphatic rings. The van der Waals surface area contributed by atoms with Crippen LogP contribution in [0.4, 0.5) is 0 Å². The predicted octanol–water partition coefficient (Wildman–Crippen LogP) is -0.126. The first-order valence-corrected chi connectivity index (χ1v) is 8.47. The van der Waals surface area contributed by atoms with Crippen LogP contribution in [0.15, 0.2) is 0 Å². The van der Waals surface area contributed by atoms with Crippen molar-refractivity contribution in [3.8, 4) is 0 Å². The highest BCUT2D eigenvalue weighted by atomic mass is 32.3. The first-order chi connectivity index (χ1) is 9.04. The summed E-state index contributed by atoms with van der Waals surface area (Å²) in [4.78, 5) is 20.9. The molecule has 0 spiro atoms. The van der Waals surface area contributed by atoms with Crippen LogP contribution >= 0.6 is 0 Å². The molecule has 0 aromatic carbocycles. The predicted molar refractivity (Wildman–Crippen MR) is 66.0 cm³/mol. The molecular weight excluding hydrogens is 316 g/mol. The van der Waals surface area contributed by atoms with Crippen LogP contribution in [0.5, 0.6) is 0 Å². The fourth-order valence-corrected chi connectivity index (χ4v) is 2.76. The summed E-state index contributed by atoms with van der Waals surface area (Å²) in [7, 11) is -8.24. The van der Waals surface area contributed by atoms with Gasteiger partial charge in [0, 0.05) is 13.8 Å². The van der Waals surface area contributed by atoms with Gasteiger partial charge in [0.1, 0.15) is 0 Å². The Hall–Kier alpha value is -1.20. The van der Waals surface area contributed by atoms with Crippen LogP contribution in [0.1, 0.15) is 33.1 Å². The van der Waals surface area contributed by atoms with E-state index in [1.165, 1.54) is 0 Å². The number of hydrogen-bond acceptors (Lipinski definition) is 9. The molecule has 0 N–H and O–H groups in total. The Kier molecular flexibility index (Phi) is 7.68. The Balaban J connectivity index is 3.84. The standard InChI is InChI=1S/C9H16O9S2/c1-8(10)17-19(12,13)7-5-3-4-6-16-20(14,15)18-9(2)11/h3-7H2,1-2H3. The minimum atomic E-state index is -4.35. The molecule has 0 aliphatic carbocycles. The van der Waals surface area contributed by atoms with E-state index >= 15 is 0 Å². The molecule has 0 amide bonds. The maximum atomic E-state index is 11.1. The number of hydrogen-bond donors (Lipinski definition) is 0. The summed E-state index contributed by atoms with van der Waals surface area (Å²) in [5.74, 6) is -2.29. The van der Waals surface area contributed by atoms with Crippen molar-refractivity contribution in [1.82, 2.24) is 0 Å². The molecule has 0 radical (unpaired) electrons. The lowest BCUT2D eigenvalue weighted by Crippen LogP contribution is -2.15. The lowest BCUT2D eigenvalue weighted by molar-refractivity contribution is -0.132. The van der Waals surface area contributed by atoms with Crippen molar-refractivity contribution in [2.45, 2.75) is 33.1 Å². The molecule has 9 nitrogen and oxygen atoms in total. The summed E-state index contributed by atoms with van der Waals surface area (Å²) in [5.41, 5.74) is 0. The second-order valence-corrected chi connectivity index (χ2v) is 6.61. The Morgan fingerprint density at radius 3 is 1.90 bits per heavy atom. The van der Waals surface area contributed by atoms with Crippen LogP contribution in [-0.4, -0.2) is 41.1 Å². The van der Waals surface area contributed by atoms with Gasteiger partial charge in [-0.15, -0.1) is 0 Å². The van der Waals surface area contributed by atoms with Crippen molar-refractivity contribution in [1.29, 1.82) is 0 Å². The molecule has 0 aliphatic heterocycles. The zero-order chi connectivity index (χ0) is 15.8. The monoisotopic (exact) mass is 332 g/mol. The SMILES string of the molecule is CC(=O)OS(=O)(=O)CCCCCOS(=O)(=O)OC(C)=O. The third-order valence-electron chi connectivity index (χ3n) is 1.73. The smallest absolute Gasteiger partial charge is 0.346 e. The van der Waals surface area contributed by atoms with Crippen LogP contribution in [0.2, 0.25) is 0 Å². The van der Waals surface area contributed by atoms with Crippen molar-refractivity contribution < 1.29 is 39.0 Å². The maximum absolute atomic E-state index is 11.1. The number of carbonyl (C=O) groups is 2. The van der Waals surface area contributed by atoms with Crippen molar-refractivity contribution in [2.24, 2.45) is 0 Å². The summed E-state index contributed by atoms with van der Waals surface area (Å²) in [5, 5.41) is 0. The van der Waals surface area contributed by atoms with E-state index in [-0.39, 0.29) is 25.2 Å². The van der Waals surface area contributed by atoms with Crippen molar-refractivity contribution in [2.75, 3.05) is 12.4 Å². The number of carbonyl (C=O) groups excluding carboxylic acids is 2. The molecule has 0 heterocycles. The summed E-state index contributed by atoms with van der Waals surface area (Å²) >= 11 is 0. The average Bonchev–Trinajstić information content (AvgIpc) is 2.19. The first-order valence-electron chi connectivity index (χ1n) is 5.56. The second kappa shape index (κ2) is 8.17. The fraction of sp³-hybridized carbons (Fsp3) is 0.778. The minimum Gasteiger partial charge on any atom is -0.346 e. The molecule has 0 aromatic heterocycles. The van der Waals surface area contributed by atoms with Crippen molar-refractivity contribution in [3.05, 3.63) is 0 Å².